The molecule has 0 aliphatic carbocycles. The Morgan fingerprint density at radius 1 is 1.50 bits per heavy atom. The first kappa shape index (κ1) is 8.49. The van der Waals surface area contributed by atoms with Gasteiger partial charge in [0, 0.05) is 6.20 Å². The normalized spacial score (nSPS) is 10.0. The van der Waals surface area contributed by atoms with Gasteiger partial charge in [-0.1, -0.05) is 0 Å². The zero-order valence-electron chi connectivity index (χ0n) is 7.44. The number of nitrogens with zero attached hydrogens (tertiary/aromatic N) is 3. The Labute approximate surface area is 80.6 Å². The van der Waals surface area contributed by atoms with Crippen LogP contribution in [0.4, 0.5) is 11.4 Å². The second kappa shape index (κ2) is 3.73. The molecule has 6 heteroatoms. The van der Waals surface area contributed by atoms with Crippen molar-refractivity contribution in [3.63, 3.8) is 0 Å². The number of aromatic amines is 1. The van der Waals surface area contributed by atoms with E-state index in [4.69, 9.17) is 5.73 Å². The molecule has 4 N–H and O–H groups in total. The van der Waals surface area contributed by atoms with E-state index in [1.54, 1.807) is 12.4 Å². The van der Waals surface area contributed by atoms with Crippen molar-refractivity contribution in [1.82, 2.24) is 20.2 Å². The third kappa shape index (κ3) is 1.79. The summed E-state index contributed by atoms with van der Waals surface area (Å²) in [6, 6.07) is 1.81. The van der Waals surface area contributed by atoms with Gasteiger partial charge in [0.15, 0.2) is 0 Å². The van der Waals surface area contributed by atoms with Crippen molar-refractivity contribution in [3.8, 4) is 0 Å². The van der Waals surface area contributed by atoms with Crippen molar-refractivity contribution in [3.05, 3.63) is 30.6 Å². The summed E-state index contributed by atoms with van der Waals surface area (Å²) in [5, 5.41) is 9.60. The predicted molar refractivity (Wildman–Crippen MR) is 52.4 cm³/mol. The number of nitrogens with one attached hydrogen (secondary N) is 2. The zero-order valence-corrected chi connectivity index (χ0v) is 7.44. The van der Waals surface area contributed by atoms with Crippen LogP contribution in [0.3, 0.4) is 0 Å². The number of anilines is 2. The van der Waals surface area contributed by atoms with Crippen LogP contribution in [0.5, 0.6) is 0 Å². The summed E-state index contributed by atoms with van der Waals surface area (Å²) in [5.74, 6) is 0.765. The Morgan fingerprint density at radius 2 is 2.43 bits per heavy atom. The highest BCUT2D eigenvalue weighted by Gasteiger charge is 1.98. The number of pyridine rings is 1. The molecule has 0 atom stereocenters. The first-order valence-corrected chi connectivity index (χ1v) is 4.14. The standard InChI is InChI=1S/C8H10N6/c9-6-3-10-2-1-7(6)11-4-8-12-5-13-14-8/h1-3,5H,4,9H2,(H,10,11)(H,12,13,14). The molecule has 2 aromatic rings. The molecule has 6 nitrogen and oxygen atoms in total. The Bertz CT molecular complexity index is 396. The molecule has 2 aromatic heterocycles. The van der Waals surface area contributed by atoms with Gasteiger partial charge in [-0.2, -0.15) is 5.10 Å². The lowest BCUT2D eigenvalue weighted by Gasteiger charge is -2.05. The van der Waals surface area contributed by atoms with Crippen LogP contribution in [-0.2, 0) is 6.54 Å². The molecule has 2 heterocycles. The topological polar surface area (TPSA) is 92.5 Å². The quantitative estimate of drug-likeness (QED) is 0.651. The molecule has 0 spiro atoms. The monoisotopic (exact) mass is 190 g/mol. The fourth-order valence-corrected chi connectivity index (χ4v) is 1.06. The molecule has 0 bridgehead atoms. The number of nitrogen functional groups attached to an aromatic ring is 1. The summed E-state index contributed by atoms with van der Waals surface area (Å²) in [7, 11) is 0. The van der Waals surface area contributed by atoms with Gasteiger partial charge in [-0.05, 0) is 6.07 Å². The van der Waals surface area contributed by atoms with Gasteiger partial charge in [-0.25, -0.2) is 4.98 Å². The molecule has 0 fully saturated rings. The van der Waals surface area contributed by atoms with Crippen molar-refractivity contribution in [2.24, 2.45) is 0 Å². The number of H-pyrrole nitrogens is 1. The maximum atomic E-state index is 5.69. The van der Waals surface area contributed by atoms with Crippen LogP contribution in [-0.4, -0.2) is 20.2 Å². The number of nitrogens with two attached hydrogens (primary N) is 1. The average molecular weight is 190 g/mol. The molecule has 0 saturated carbocycles. The summed E-state index contributed by atoms with van der Waals surface area (Å²) in [4.78, 5) is 7.86. The van der Waals surface area contributed by atoms with Gasteiger partial charge in [-0.3, -0.25) is 10.1 Å². The minimum absolute atomic E-state index is 0.564. The van der Waals surface area contributed by atoms with Crippen LogP contribution in [0.1, 0.15) is 5.82 Å². The fraction of sp³-hybridized carbons (Fsp3) is 0.125. The zero-order chi connectivity index (χ0) is 9.80. The van der Waals surface area contributed by atoms with E-state index in [1.165, 1.54) is 6.33 Å². The third-order valence-electron chi connectivity index (χ3n) is 1.76. The van der Waals surface area contributed by atoms with E-state index < -0.39 is 0 Å². The van der Waals surface area contributed by atoms with E-state index in [2.05, 4.69) is 25.5 Å². The first-order valence-electron chi connectivity index (χ1n) is 4.14. The van der Waals surface area contributed by atoms with E-state index in [9.17, 15) is 0 Å². The number of hydrogen-bond donors (Lipinski definition) is 3. The van der Waals surface area contributed by atoms with E-state index in [0.29, 0.717) is 12.2 Å². The molecule has 0 aromatic carbocycles. The van der Waals surface area contributed by atoms with Crippen molar-refractivity contribution in [2.75, 3.05) is 11.1 Å². The summed E-state index contributed by atoms with van der Waals surface area (Å²) in [6.07, 6.45) is 4.74. The van der Waals surface area contributed by atoms with Gasteiger partial charge >= 0.3 is 0 Å². The van der Waals surface area contributed by atoms with Gasteiger partial charge in [0.05, 0.1) is 24.1 Å². The highest BCUT2D eigenvalue weighted by molar-refractivity contribution is 5.63. The smallest absolute Gasteiger partial charge is 0.143 e. The fourth-order valence-electron chi connectivity index (χ4n) is 1.06. The van der Waals surface area contributed by atoms with Gasteiger partial charge in [0.2, 0.25) is 0 Å². The van der Waals surface area contributed by atoms with E-state index in [-0.39, 0.29) is 0 Å². The molecule has 14 heavy (non-hydrogen) atoms. The third-order valence-corrected chi connectivity index (χ3v) is 1.76. The van der Waals surface area contributed by atoms with Crippen molar-refractivity contribution < 1.29 is 0 Å². The molecular formula is C8H10N6. The highest BCUT2D eigenvalue weighted by Crippen LogP contribution is 2.15. The molecule has 0 saturated heterocycles. The van der Waals surface area contributed by atoms with Gasteiger partial charge in [0.1, 0.15) is 12.2 Å². The van der Waals surface area contributed by atoms with Crippen LogP contribution >= 0.6 is 0 Å². The Morgan fingerprint density at radius 3 is 3.14 bits per heavy atom. The van der Waals surface area contributed by atoms with Gasteiger partial charge in [-0.15, -0.1) is 0 Å². The maximum Gasteiger partial charge on any atom is 0.143 e. The predicted octanol–water partition coefficient (Wildman–Crippen LogP) is 0.394. The van der Waals surface area contributed by atoms with Gasteiger partial charge < -0.3 is 11.1 Å². The number of hydrogen-bond acceptors (Lipinski definition) is 5. The largest absolute Gasteiger partial charge is 0.396 e. The SMILES string of the molecule is Nc1cnccc1NCc1ncn[nH]1. The van der Waals surface area contributed by atoms with Crippen LogP contribution in [0, 0.1) is 0 Å². The molecule has 0 aliphatic rings. The second-order valence-electron chi connectivity index (χ2n) is 2.75. The molecule has 0 aliphatic heterocycles. The van der Waals surface area contributed by atoms with Crippen LogP contribution < -0.4 is 11.1 Å². The van der Waals surface area contributed by atoms with E-state index >= 15 is 0 Å². The molecule has 0 amide bonds. The lowest BCUT2D eigenvalue weighted by molar-refractivity contribution is 0.954. The van der Waals surface area contributed by atoms with Crippen molar-refractivity contribution >= 4 is 11.4 Å². The second-order valence-corrected chi connectivity index (χ2v) is 2.75. The Balaban J connectivity index is 2.02. The van der Waals surface area contributed by atoms with Crippen LogP contribution in [0.25, 0.3) is 0 Å². The molecule has 0 unspecified atom stereocenters. The Hall–Kier alpha value is -2.11. The van der Waals surface area contributed by atoms with Crippen LogP contribution in [0.2, 0.25) is 0 Å². The minimum Gasteiger partial charge on any atom is -0.396 e. The number of rotatable bonds is 3. The van der Waals surface area contributed by atoms with E-state index in [0.717, 1.165) is 11.5 Å². The summed E-state index contributed by atoms with van der Waals surface area (Å²) < 4.78 is 0. The summed E-state index contributed by atoms with van der Waals surface area (Å²) in [5.41, 5.74) is 7.15. The first-order chi connectivity index (χ1) is 6.86. The highest BCUT2D eigenvalue weighted by atomic mass is 15.2. The molecule has 0 radical (unpaired) electrons. The lowest BCUT2D eigenvalue weighted by Crippen LogP contribution is -2.03. The average Bonchev–Trinajstić information content (AvgIpc) is 2.69. The van der Waals surface area contributed by atoms with Crippen molar-refractivity contribution in [1.29, 1.82) is 0 Å². The summed E-state index contributed by atoms with van der Waals surface area (Å²) >= 11 is 0. The maximum absolute atomic E-state index is 5.69. The number of aromatic nitrogens is 4. The van der Waals surface area contributed by atoms with Crippen LogP contribution in [0.15, 0.2) is 24.8 Å². The Kier molecular flexibility index (Phi) is 2.26. The minimum atomic E-state index is 0.564. The van der Waals surface area contributed by atoms with Gasteiger partial charge in [0.25, 0.3) is 0 Å². The van der Waals surface area contributed by atoms with E-state index in [1.807, 2.05) is 6.07 Å². The summed E-state index contributed by atoms with van der Waals surface area (Å²) in [6.45, 7) is 0.564. The molecule has 2 rings (SSSR count). The molecular weight excluding hydrogens is 180 g/mol. The lowest BCUT2D eigenvalue weighted by atomic mass is 10.3. The molecule has 72 valence electrons. The van der Waals surface area contributed by atoms with Crippen molar-refractivity contribution in [2.45, 2.75) is 6.54 Å².